The summed E-state index contributed by atoms with van der Waals surface area (Å²) in [6.07, 6.45) is 3.87. The predicted octanol–water partition coefficient (Wildman–Crippen LogP) is 4.42. The van der Waals surface area contributed by atoms with E-state index in [1.807, 2.05) is 55.0 Å². The zero-order valence-electron chi connectivity index (χ0n) is 13.7. The topological polar surface area (TPSA) is 69.5 Å². The van der Waals surface area contributed by atoms with Crippen molar-refractivity contribution in [3.63, 3.8) is 0 Å². The molecule has 25 heavy (non-hydrogen) atoms. The summed E-state index contributed by atoms with van der Waals surface area (Å²) in [4.78, 5) is 20.5. The highest BCUT2D eigenvalue weighted by Crippen LogP contribution is 2.33. The molecule has 0 radical (unpaired) electrons. The van der Waals surface area contributed by atoms with Crippen LogP contribution in [-0.2, 0) is 0 Å². The van der Waals surface area contributed by atoms with Crippen molar-refractivity contribution < 1.29 is 0 Å². The molecule has 0 fully saturated rings. The number of hydrogen-bond donors (Lipinski definition) is 1. The van der Waals surface area contributed by atoms with Gasteiger partial charge in [-0.25, -0.2) is 4.98 Å². The third-order valence-corrected chi connectivity index (χ3v) is 5.11. The van der Waals surface area contributed by atoms with E-state index in [1.54, 1.807) is 11.8 Å². The molecule has 0 bridgehead atoms. The molecule has 0 atom stereocenters. The molecule has 0 unspecified atom stereocenters. The fraction of sp³-hybridized carbons (Fsp3) is 0.105. The molecule has 3 rings (SSSR count). The molecule has 0 saturated carbocycles. The molecule has 0 aliphatic rings. The first kappa shape index (κ1) is 17.3. The highest BCUT2D eigenvalue weighted by molar-refractivity contribution is 7.98. The predicted molar refractivity (Wildman–Crippen MR) is 104 cm³/mol. The summed E-state index contributed by atoms with van der Waals surface area (Å²) in [6, 6.07) is 17.9. The lowest BCUT2D eigenvalue weighted by atomic mass is 9.96. The van der Waals surface area contributed by atoms with Crippen LogP contribution >= 0.6 is 23.5 Å². The van der Waals surface area contributed by atoms with Crippen molar-refractivity contribution in [1.29, 1.82) is 5.26 Å². The van der Waals surface area contributed by atoms with Gasteiger partial charge in [-0.2, -0.15) is 5.26 Å². The number of H-pyrrole nitrogens is 1. The Morgan fingerprint density at radius 1 is 1.00 bits per heavy atom. The van der Waals surface area contributed by atoms with Crippen LogP contribution < -0.4 is 5.56 Å². The van der Waals surface area contributed by atoms with Crippen LogP contribution in [0.15, 0.2) is 63.4 Å². The maximum atomic E-state index is 12.2. The molecule has 2 aromatic carbocycles. The van der Waals surface area contributed by atoms with E-state index in [9.17, 15) is 10.1 Å². The van der Waals surface area contributed by atoms with Crippen molar-refractivity contribution in [2.45, 2.75) is 10.1 Å². The van der Waals surface area contributed by atoms with E-state index in [4.69, 9.17) is 0 Å². The lowest BCUT2D eigenvalue weighted by Crippen LogP contribution is -2.14. The maximum absolute atomic E-state index is 12.2. The van der Waals surface area contributed by atoms with Gasteiger partial charge in [0.1, 0.15) is 11.6 Å². The van der Waals surface area contributed by atoms with Crippen LogP contribution in [0.5, 0.6) is 0 Å². The molecular formula is C19H15N3OS2. The summed E-state index contributed by atoms with van der Waals surface area (Å²) in [7, 11) is 0. The Balaban J connectivity index is 2.24. The number of hydrogen-bond acceptors (Lipinski definition) is 5. The van der Waals surface area contributed by atoms with E-state index in [0.29, 0.717) is 10.9 Å². The molecule has 0 saturated heterocycles. The second-order valence-corrected chi connectivity index (χ2v) is 6.86. The largest absolute Gasteiger partial charge is 0.300 e. The second kappa shape index (κ2) is 7.60. The first-order chi connectivity index (χ1) is 12.2. The molecule has 0 aliphatic heterocycles. The first-order valence-electron chi connectivity index (χ1n) is 7.50. The number of rotatable bonds is 4. The second-order valence-electron chi connectivity index (χ2n) is 5.18. The molecule has 6 heteroatoms. The molecule has 0 amide bonds. The number of nitrogens with one attached hydrogen (secondary N) is 1. The van der Waals surface area contributed by atoms with Gasteiger partial charge < -0.3 is 4.98 Å². The van der Waals surface area contributed by atoms with E-state index >= 15 is 0 Å². The van der Waals surface area contributed by atoms with E-state index < -0.39 is 5.56 Å². The van der Waals surface area contributed by atoms with Gasteiger partial charge in [-0.3, -0.25) is 4.79 Å². The zero-order valence-corrected chi connectivity index (χ0v) is 15.4. The standard InChI is InChI=1S/C19H15N3OS2/c1-24-13-9-7-12(8-10-13)14-5-3-4-6-15(14)17-16(11-20)18(23)22-19(21-17)25-2/h3-10H,1-2H3,(H,21,22,23). The van der Waals surface area contributed by atoms with Gasteiger partial charge in [0.05, 0.1) is 5.69 Å². The maximum Gasteiger partial charge on any atom is 0.270 e. The van der Waals surface area contributed by atoms with Crippen LogP contribution in [0.4, 0.5) is 0 Å². The molecule has 4 nitrogen and oxygen atoms in total. The van der Waals surface area contributed by atoms with Crippen LogP contribution in [-0.4, -0.2) is 22.5 Å². The van der Waals surface area contributed by atoms with Crippen molar-refractivity contribution in [1.82, 2.24) is 9.97 Å². The quantitative estimate of drug-likeness (QED) is 0.547. The van der Waals surface area contributed by atoms with E-state index in [2.05, 4.69) is 22.1 Å². The Labute approximate surface area is 154 Å². The summed E-state index contributed by atoms with van der Waals surface area (Å²) < 4.78 is 0. The summed E-state index contributed by atoms with van der Waals surface area (Å²) in [5.41, 5.74) is 2.77. The molecule has 3 aromatic rings. The minimum absolute atomic E-state index is 0.0333. The Bertz CT molecular complexity index is 1000. The summed E-state index contributed by atoms with van der Waals surface area (Å²) in [5, 5.41) is 9.93. The molecular weight excluding hydrogens is 350 g/mol. The van der Waals surface area contributed by atoms with E-state index in [0.717, 1.165) is 16.7 Å². The van der Waals surface area contributed by atoms with Gasteiger partial charge >= 0.3 is 0 Å². The summed E-state index contributed by atoms with van der Waals surface area (Å²) >= 11 is 3.02. The van der Waals surface area contributed by atoms with Crippen LogP contribution in [0.1, 0.15) is 5.56 Å². The van der Waals surface area contributed by atoms with E-state index in [1.165, 1.54) is 16.7 Å². The number of aromatic nitrogens is 2. The number of aromatic amines is 1. The Morgan fingerprint density at radius 2 is 1.68 bits per heavy atom. The molecule has 1 aromatic heterocycles. The highest BCUT2D eigenvalue weighted by Gasteiger charge is 2.16. The van der Waals surface area contributed by atoms with Crippen molar-refractivity contribution >= 4 is 23.5 Å². The van der Waals surface area contributed by atoms with Gasteiger partial charge in [0, 0.05) is 10.5 Å². The normalized spacial score (nSPS) is 10.4. The lowest BCUT2D eigenvalue weighted by molar-refractivity contribution is 0.938. The number of benzene rings is 2. The first-order valence-corrected chi connectivity index (χ1v) is 9.95. The SMILES string of the molecule is CSc1ccc(-c2ccccc2-c2nc(SC)[nH]c(=O)c2C#N)cc1. The summed E-state index contributed by atoms with van der Waals surface area (Å²) in [6.45, 7) is 0. The third kappa shape index (κ3) is 3.48. The third-order valence-electron chi connectivity index (χ3n) is 3.79. The molecule has 0 spiro atoms. The average molecular weight is 365 g/mol. The minimum atomic E-state index is -0.413. The zero-order chi connectivity index (χ0) is 17.8. The van der Waals surface area contributed by atoms with Gasteiger partial charge in [0.2, 0.25) is 0 Å². The van der Waals surface area contributed by atoms with Gasteiger partial charge in [0.15, 0.2) is 5.16 Å². The fourth-order valence-electron chi connectivity index (χ4n) is 2.56. The van der Waals surface area contributed by atoms with Gasteiger partial charge in [-0.15, -0.1) is 11.8 Å². The van der Waals surface area contributed by atoms with Crippen LogP contribution in [0.25, 0.3) is 22.4 Å². The molecule has 1 N–H and O–H groups in total. The van der Waals surface area contributed by atoms with Crippen LogP contribution in [0.2, 0.25) is 0 Å². The van der Waals surface area contributed by atoms with Crippen molar-refractivity contribution in [3.8, 4) is 28.5 Å². The molecule has 0 aliphatic carbocycles. The number of thioether (sulfide) groups is 2. The number of nitrogens with zero attached hydrogens (tertiary/aromatic N) is 2. The van der Waals surface area contributed by atoms with E-state index in [-0.39, 0.29) is 5.56 Å². The van der Waals surface area contributed by atoms with Gasteiger partial charge in [0.25, 0.3) is 5.56 Å². The van der Waals surface area contributed by atoms with Crippen LogP contribution in [0, 0.1) is 11.3 Å². The Kier molecular flexibility index (Phi) is 5.27. The van der Waals surface area contributed by atoms with Gasteiger partial charge in [-0.1, -0.05) is 48.2 Å². The van der Waals surface area contributed by atoms with Crippen molar-refractivity contribution in [3.05, 3.63) is 64.4 Å². The smallest absolute Gasteiger partial charge is 0.270 e. The fourth-order valence-corrected chi connectivity index (χ4v) is 3.35. The Hall–Kier alpha value is -2.49. The van der Waals surface area contributed by atoms with Crippen molar-refractivity contribution in [2.24, 2.45) is 0 Å². The molecule has 124 valence electrons. The minimum Gasteiger partial charge on any atom is -0.300 e. The summed E-state index contributed by atoms with van der Waals surface area (Å²) in [5.74, 6) is 0. The average Bonchev–Trinajstić information content (AvgIpc) is 2.67. The van der Waals surface area contributed by atoms with Gasteiger partial charge in [-0.05, 0) is 35.8 Å². The monoisotopic (exact) mass is 365 g/mol. The highest BCUT2D eigenvalue weighted by atomic mass is 32.2. The Morgan fingerprint density at radius 3 is 2.28 bits per heavy atom. The van der Waals surface area contributed by atoms with Crippen molar-refractivity contribution in [2.75, 3.05) is 12.5 Å². The molecule has 1 heterocycles. The van der Waals surface area contributed by atoms with Crippen LogP contribution in [0.3, 0.4) is 0 Å². The number of nitriles is 1. The lowest BCUT2D eigenvalue weighted by Gasteiger charge is -2.11.